The summed E-state index contributed by atoms with van der Waals surface area (Å²) in [5, 5.41) is 10.2. The van der Waals surface area contributed by atoms with Gasteiger partial charge in [0, 0.05) is 10.9 Å². The Hall–Kier alpha value is -3.46. The Morgan fingerprint density at radius 3 is 2.07 bits per heavy atom. The van der Waals surface area contributed by atoms with Crippen LogP contribution in [0.5, 0.6) is 0 Å². The molecule has 1 N–H and O–H groups in total. The number of fused-ring (bicyclic) bond motifs is 1. The number of nitrogens with zero attached hydrogens (tertiary/aromatic N) is 1. The van der Waals surface area contributed by atoms with E-state index in [1.54, 1.807) is 12.1 Å². The minimum atomic E-state index is -0.942. The number of aryl methyl sites for hydroxylation is 1. The number of aromatic carboxylic acids is 1. The SMILES string of the molecule is CCc1ccc(-c2ccc(-c3cc(C(=O)O)c4ccccc4n3)cc2)cc1. The predicted molar refractivity (Wildman–Crippen MR) is 109 cm³/mol. The van der Waals surface area contributed by atoms with E-state index in [1.807, 2.05) is 42.5 Å². The van der Waals surface area contributed by atoms with E-state index in [0.717, 1.165) is 23.1 Å². The number of rotatable bonds is 4. The molecule has 0 aliphatic heterocycles. The Morgan fingerprint density at radius 1 is 0.852 bits per heavy atom. The highest BCUT2D eigenvalue weighted by Gasteiger charge is 2.12. The van der Waals surface area contributed by atoms with Gasteiger partial charge in [0.25, 0.3) is 0 Å². The number of carbonyl (C=O) groups is 1. The van der Waals surface area contributed by atoms with Crippen LogP contribution in [0, 0.1) is 0 Å². The molecule has 0 atom stereocenters. The summed E-state index contributed by atoms with van der Waals surface area (Å²) in [4.78, 5) is 16.3. The van der Waals surface area contributed by atoms with Crippen molar-refractivity contribution in [3.05, 3.63) is 90.0 Å². The van der Waals surface area contributed by atoms with Gasteiger partial charge in [-0.3, -0.25) is 0 Å². The van der Waals surface area contributed by atoms with Crippen molar-refractivity contribution in [3.8, 4) is 22.4 Å². The Labute approximate surface area is 157 Å². The quantitative estimate of drug-likeness (QED) is 0.502. The second kappa shape index (κ2) is 7.04. The van der Waals surface area contributed by atoms with Crippen LogP contribution in [-0.4, -0.2) is 16.1 Å². The standard InChI is InChI=1S/C24H19NO2/c1-2-16-7-9-17(10-8-16)18-11-13-19(14-12-18)23-15-21(24(26)27)20-5-3-4-6-22(20)25-23/h3-15H,2H2,1H3,(H,26,27). The highest BCUT2D eigenvalue weighted by atomic mass is 16.4. The van der Waals surface area contributed by atoms with E-state index in [0.29, 0.717) is 16.6 Å². The molecule has 3 aromatic carbocycles. The van der Waals surface area contributed by atoms with Crippen molar-refractivity contribution in [1.29, 1.82) is 0 Å². The van der Waals surface area contributed by atoms with Crippen LogP contribution in [0.15, 0.2) is 78.9 Å². The summed E-state index contributed by atoms with van der Waals surface area (Å²) in [7, 11) is 0. The lowest BCUT2D eigenvalue weighted by Crippen LogP contribution is -2.00. The molecule has 132 valence electrons. The van der Waals surface area contributed by atoms with E-state index in [4.69, 9.17) is 0 Å². The highest BCUT2D eigenvalue weighted by Crippen LogP contribution is 2.27. The van der Waals surface area contributed by atoms with E-state index in [-0.39, 0.29) is 5.56 Å². The number of hydrogen-bond acceptors (Lipinski definition) is 2. The first-order chi connectivity index (χ1) is 13.2. The molecule has 4 rings (SSSR count). The van der Waals surface area contributed by atoms with Crippen molar-refractivity contribution >= 4 is 16.9 Å². The minimum absolute atomic E-state index is 0.273. The molecule has 1 heterocycles. The zero-order valence-electron chi connectivity index (χ0n) is 15.0. The van der Waals surface area contributed by atoms with Crippen molar-refractivity contribution in [1.82, 2.24) is 4.98 Å². The van der Waals surface area contributed by atoms with Crippen LogP contribution in [0.25, 0.3) is 33.3 Å². The monoisotopic (exact) mass is 353 g/mol. The van der Waals surface area contributed by atoms with Crippen molar-refractivity contribution < 1.29 is 9.90 Å². The van der Waals surface area contributed by atoms with Gasteiger partial charge in [-0.15, -0.1) is 0 Å². The summed E-state index contributed by atoms with van der Waals surface area (Å²) in [5.74, 6) is -0.942. The van der Waals surface area contributed by atoms with Gasteiger partial charge in [-0.25, -0.2) is 9.78 Å². The van der Waals surface area contributed by atoms with Gasteiger partial charge in [0.05, 0.1) is 16.8 Å². The number of benzene rings is 3. The molecule has 0 radical (unpaired) electrons. The summed E-state index contributed by atoms with van der Waals surface area (Å²) in [6.45, 7) is 2.14. The topological polar surface area (TPSA) is 50.2 Å². The summed E-state index contributed by atoms with van der Waals surface area (Å²) < 4.78 is 0. The Morgan fingerprint density at radius 2 is 1.44 bits per heavy atom. The smallest absolute Gasteiger partial charge is 0.336 e. The van der Waals surface area contributed by atoms with E-state index in [9.17, 15) is 9.90 Å². The number of carboxylic acids is 1. The van der Waals surface area contributed by atoms with Gasteiger partial charge in [-0.2, -0.15) is 0 Å². The van der Waals surface area contributed by atoms with Crippen LogP contribution in [0.3, 0.4) is 0 Å². The van der Waals surface area contributed by atoms with Crippen LogP contribution in [-0.2, 0) is 6.42 Å². The lowest BCUT2D eigenvalue weighted by molar-refractivity contribution is 0.0699. The van der Waals surface area contributed by atoms with Crippen LogP contribution in [0.4, 0.5) is 0 Å². The molecule has 0 fully saturated rings. The van der Waals surface area contributed by atoms with Crippen molar-refractivity contribution in [2.45, 2.75) is 13.3 Å². The second-order valence-corrected chi connectivity index (χ2v) is 6.51. The van der Waals surface area contributed by atoms with Gasteiger partial charge in [0.2, 0.25) is 0 Å². The first kappa shape index (κ1) is 17.0. The molecule has 0 saturated carbocycles. The molecule has 27 heavy (non-hydrogen) atoms. The Balaban J connectivity index is 1.74. The fourth-order valence-electron chi connectivity index (χ4n) is 3.27. The molecule has 0 unspecified atom stereocenters. The summed E-state index contributed by atoms with van der Waals surface area (Å²) in [6, 6.07) is 25.6. The third-order valence-corrected chi connectivity index (χ3v) is 4.82. The van der Waals surface area contributed by atoms with Gasteiger partial charge in [-0.1, -0.05) is 73.7 Å². The minimum Gasteiger partial charge on any atom is -0.478 e. The lowest BCUT2D eigenvalue weighted by Gasteiger charge is -2.08. The summed E-state index contributed by atoms with van der Waals surface area (Å²) >= 11 is 0. The molecule has 0 aliphatic carbocycles. The van der Waals surface area contributed by atoms with Gasteiger partial charge in [0.1, 0.15) is 0 Å². The maximum atomic E-state index is 11.7. The van der Waals surface area contributed by atoms with E-state index in [1.165, 1.54) is 5.56 Å². The van der Waals surface area contributed by atoms with Crippen LogP contribution < -0.4 is 0 Å². The number of pyridine rings is 1. The Kier molecular flexibility index (Phi) is 4.43. The Bertz CT molecular complexity index is 1110. The van der Waals surface area contributed by atoms with Gasteiger partial charge in [-0.05, 0) is 35.2 Å². The van der Waals surface area contributed by atoms with Crippen LogP contribution in [0.2, 0.25) is 0 Å². The highest BCUT2D eigenvalue weighted by molar-refractivity contribution is 6.03. The predicted octanol–water partition coefficient (Wildman–Crippen LogP) is 5.83. The third-order valence-electron chi connectivity index (χ3n) is 4.82. The average molecular weight is 353 g/mol. The zero-order chi connectivity index (χ0) is 18.8. The maximum Gasteiger partial charge on any atom is 0.336 e. The first-order valence-electron chi connectivity index (χ1n) is 8.98. The van der Waals surface area contributed by atoms with Crippen molar-refractivity contribution in [2.75, 3.05) is 0 Å². The summed E-state index contributed by atoms with van der Waals surface area (Å²) in [6.07, 6.45) is 1.03. The largest absolute Gasteiger partial charge is 0.478 e. The zero-order valence-corrected chi connectivity index (χ0v) is 15.0. The van der Waals surface area contributed by atoms with Crippen molar-refractivity contribution in [3.63, 3.8) is 0 Å². The maximum absolute atomic E-state index is 11.7. The molecule has 4 aromatic rings. The molecule has 0 aliphatic rings. The fourth-order valence-corrected chi connectivity index (χ4v) is 3.27. The van der Waals surface area contributed by atoms with Crippen LogP contribution >= 0.6 is 0 Å². The number of aromatic nitrogens is 1. The number of hydrogen-bond donors (Lipinski definition) is 1. The van der Waals surface area contributed by atoms with E-state index < -0.39 is 5.97 Å². The third kappa shape index (κ3) is 3.32. The van der Waals surface area contributed by atoms with Gasteiger partial charge >= 0.3 is 5.97 Å². The van der Waals surface area contributed by atoms with Crippen LogP contribution in [0.1, 0.15) is 22.8 Å². The van der Waals surface area contributed by atoms with Gasteiger partial charge in [0.15, 0.2) is 0 Å². The van der Waals surface area contributed by atoms with Crippen molar-refractivity contribution in [2.24, 2.45) is 0 Å². The first-order valence-corrected chi connectivity index (χ1v) is 8.98. The average Bonchev–Trinajstić information content (AvgIpc) is 2.73. The fraction of sp³-hybridized carbons (Fsp3) is 0.0833. The summed E-state index contributed by atoms with van der Waals surface area (Å²) in [5.41, 5.74) is 6.13. The molecule has 0 bridgehead atoms. The molecule has 3 nitrogen and oxygen atoms in total. The molecule has 0 amide bonds. The molecule has 0 spiro atoms. The molecular formula is C24H19NO2. The van der Waals surface area contributed by atoms with Gasteiger partial charge < -0.3 is 5.11 Å². The molecule has 1 aromatic heterocycles. The number of para-hydroxylation sites is 1. The molecule has 0 saturated heterocycles. The molecular weight excluding hydrogens is 334 g/mol. The second-order valence-electron chi connectivity index (χ2n) is 6.51. The molecule has 3 heteroatoms. The normalized spacial score (nSPS) is 10.9. The van der Waals surface area contributed by atoms with E-state index >= 15 is 0 Å². The number of carboxylic acid groups (broad SMARTS) is 1. The lowest BCUT2D eigenvalue weighted by atomic mass is 9.99. The van der Waals surface area contributed by atoms with E-state index in [2.05, 4.69) is 36.2 Å².